The Morgan fingerprint density at radius 3 is 2.23 bits per heavy atom. The van der Waals surface area contributed by atoms with E-state index >= 15 is 0 Å². The van der Waals surface area contributed by atoms with Crippen LogP contribution in [0.3, 0.4) is 0 Å². The van der Waals surface area contributed by atoms with E-state index in [9.17, 15) is 9.90 Å². The first-order valence-corrected chi connectivity index (χ1v) is 13.6. The van der Waals surface area contributed by atoms with Crippen LogP contribution in [0.1, 0.15) is 48.2 Å². The molecule has 0 aliphatic carbocycles. The van der Waals surface area contributed by atoms with Crippen LogP contribution in [0.15, 0.2) is 115 Å². The number of para-hydroxylation sites is 1. The summed E-state index contributed by atoms with van der Waals surface area (Å²) in [6.45, 7) is 5.86. The molecule has 40 heavy (non-hydrogen) atoms. The van der Waals surface area contributed by atoms with Gasteiger partial charge >= 0.3 is 5.97 Å². The number of carbonyl (C=O) groups is 1. The summed E-state index contributed by atoms with van der Waals surface area (Å²) in [5.74, 6) is 0.657. The monoisotopic (exact) mass is 554 g/mol. The van der Waals surface area contributed by atoms with E-state index in [1.807, 2.05) is 73.7 Å². The van der Waals surface area contributed by atoms with Crippen LogP contribution >= 0.6 is 11.6 Å². The minimum Gasteiger partial charge on any atom is -0.482 e. The third kappa shape index (κ3) is 6.39. The normalized spacial score (nSPS) is 20.4. The van der Waals surface area contributed by atoms with Crippen LogP contribution in [-0.2, 0) is 9.53 Å². The first-order valence-electron chi connectivity index (χ1n) is 13.2. The number of aliphatic carboxylic acids is 1. The Hall–Kier alpha value is -4.06. The van der Waals surface area contributed by atoms with Gasteiger partial charge in [-0.1, -0.05) is 84.4 Å². The molecule has 1 heterocycles. The molecule has 0 unspecified atom stereocenters. The van der Waals surface area contributed by atoms with Crippen molar-refractivity contribution in [3.8, 4) is 17.2 Å². The molecule has 4 atom stereocenters. The van der Waals surface area contributed by atoms with Gasteiger partial charge in [-0.15, -0.1) is 0 Å². The molecule has 204 valence electrons. The third-order valence-electron chi connectivity index (χ3n) is 7.21. The van der Waals surface area contributed by atoms with Crippen LogP contribution < -0.4 is 9.47 Å². The number of hydrogen-bond donors (Lipinski definition) is 1. The zero-order valence-corrected chi connectivity index (χ0v) is 23.0. The number of rotatable bonds is 9. The molecule has 1 N–H and O–H groups in total. The highest BCUT2D eigenvalue weighted by Gasteiger charge is 2.41. The van der Waals surface area contributed by atoms with Crippen LogP contribution in [0.25, 0.3) is 0 Å². The predicted octanol–water partition coefficient (Wildman–Crippen LogP) is 8.77. The van der Waals surface area contributed by atoms with Gasteiger partial charge in [-0.2, -0.15) is 0 Å². The topological polar surface area (TPSA) is 65.0 Å². The van der Waals surface area contributed by atoms with Gasteiger partial charge in [0.2, 0.25) is 0 Å². The lowest BCUT2D eigenvalue weighted by atomic mass is 9.74. The fraction of sp³-hybridized carbons (Fsp3) is 0.206. The molecule has 4 aromatic carbocycles. The van der Waals surface area contributed by atoms with Gasteiger partial charge in [-0.05, 0) is 66.9 Å². The Labute approximate surface area is 239 Å². The fourth-order valence-electron chi connectivity index (χ4n) is 5.30. The highest BCUT2D eigenvalue weighted by atomic mass is 35.5. The third-order valence-corrected chi connectivity index (χ3v) is 7.46. The molecular formula is C34H31ClO5. The van der Waals surface area contributed by atoms with Crippen molar-refractivity contribution < 1.29 is 24.1 Å². The molecule has 4 aromatic rings. The van der Waals surface area contributed by atoms with Crippen molar-refractivity contribution in [2.24, 2.45) is 5.92 Å². The smallest absolute Gasteiger partial charge is 0.341 e. The van der Waals surface area contributed by atoms with Gasteiger partial charge in [-0.25, -0.2) is 4.79 Å². The summed E-state index contributed by atoms with van der Waals surface area (Å²) in [5.41, 5.74) is 3.87. The number of carboxylic acids is 1. The molecule has 6 heteroatoms. The first kappa shape index (κ1) is 27.5. The maximum atomic E-state index is 11.4. The van der Waals surface area contributed by atoms with E-state index in [1.54, 1.807) is 12.1 Å². The van der Waals surface area contributed by atoms with Gasteiger partial charge in [0.1, 0.15) is 17.2 Å². The van der Waals surface area contributed by atoms with Crippen molar-refractivity contribution in [1.29, 1.82) is 0 Å². The quantitative estimate of drug-likeness (QED) is 0.209. The molecule has 1 fully saturated rings. The summed E-state index contributed by atoms with van der Waals surface area (Å²) in [4.78, 5) is 11.4. The van der Waals surface area contributed by atoms with Crippen LogP contribution in [0.5, 0.6) is 17.2 Å². The van der Waals surface area contributed by atoms with Crippen LogP contribution in [0.4, 0.5) is 0 Å². The predicted molar refractivity (Wildman–Crippen MR) is 156 cm³/mol. The number of hydrogen-bond acceptors (Lipinski definition) is 4. The summed E-state index contributed by atoms with van der Waals surface area (Å²) in [7, 11) is 0. The van der Waals surface area contributed by atoms with Gasteiger partial charge in [0, 0.05) is 22.4 Å². The standard InChI is InChI=1S/C34H31ClO5/c1-22(2)28-20-29(23-13-15-25(35)16-14-23)33(24-9-5-3-6-10-24)40-34(28)30-19-27(39-26-11-7-4-8-12-26)17-18-31(30)38-21-32(36)37/h3-19,28-29,33-34H,1,20-21H2,2H3,(H,36,37)/t28-,29-,33+,34+/m1/s1. The molecular weight excluding hydrogens is 524 g/mol. The molecule has 0 bridgehead atoms. The lowest BCUT2D eigenvalue weighted by molar-refractivity contribution is -0.139. The van der Waals surface area contributed by atoms with Gasteiger partial charge in [0.25, 0.3) is 0 Å². The zero-order valence-electron chi connectivity index (χ0n) is 22.2. The molecule has 0 radical (unpaired) electrons. The largest absolute Gasteiger partial charge is 0.482 e. The highest BCUT2D eigenvalue weighted by molar-refractivity contribution is 6.30. The zero-order chi connectivity index (χ0) is 28.1. The van der Waals surface area contributed by atoms with E-state index in [1.165, 1.54) is 0 Å². The van der Waals surface area contributed by atoms with E-state index in [0.29, 0.717) is 22.3 Å². The Kier molecular flexibility index (Phi) is 8.54. The summed E-state index contributed by atoms with van der Waals surface area (Å²) in [6.07, 6.45) is 0.0481. The number of carboxylic acid groups (broad SMARTS) is 1. The molecule has 1 aliphatic rings. The summed E-state index contributed by atoms with van der Waals surface area (Å²) in [5, 5.41) is 10.0. The number of ether oxygens (including phenoxy) is 3. The Bertz CT molecular complexity index is 1450. The Balaban J connectivity index is 1.58. The van der Waals surface area contributed by atoms with E-state index in [4.69, 9.17) is 25.8 Å². The molecule has 0 spiro atoms. The maximum Gasteiger partial charge on any atom is 0.341 e. The second kappa shape index (κ2) is 12.4. The van der Waals surface area contributed by atoms with Crippen molar-refractivity contribution in [3.63, 3.8) is 0 Å². The molecule has 1 saturated heterocycles. The fourth-order valence-corrected chi connectivity index (χ4v) is 5.43. The minimum atomic E-state index is -1.05. The molecule has 5 rings (SSSR count). The SMILES string of the molecule is C=C(C)[C@H]1C[C@H](c2ccc(Cl)cc2)[C@H](c2ccccc2)O[C@@H]1c1cc(Oc2ccccc2)ccc1OCC(=O)O. The van der Waals surface area contributed by atoms with Crippen LogP contribution in [-0.4, -0.2) is 17.7 Å². The molecule has 1 aliphatic heterocycles. The van der Waals surface area contributed by atoms with Gasteiger partial charge in [0.15, 0.2) is 6.61 Å². The van der Waals surface area contributed by atoms with Crippen molar-refractivity contribution in [1.82, 2.24) is 0 Å². The molecule has 5 nitrogen and oxygen atoms in total. The van der Waals surface area contributed by atoms with Crippen LogP contribution in [0, 0.1) is 5.92 Å². The molecule has 0 aromatic heterocycles. The first-order chi connectivity index (χ1) is 19.4. The number of benzene rings is 4. The molecule has 0 saturated carbocycles. The van der Waals surface area contributed by atoms with Crippen LogP contribution in [0.2, 0.25) is 5.02 Å². The van der Waals surface area contributed by atoms with E-state index in [-0.39, 0.29) is 17.9 Å². The summed E-state index contributed by atoms with van der Waals surface area (Å²) in [6, 6.07) is 33.0. The Morgan fingerprint density at radius 2 is 1.57 bits per heavy atom. The van der Waals surface area contributed by atoms with E-state index in [0.717, 1.165) is 28.7 Å². The van der Waals surface area contributed by atoms with E-state index < -0.39 is 18.7 Å². The number of halogens is 1. The van der Waals surface area contributed by atoms with E-state index in [2.05, 4.69) is 30.8 Å². The average molecular weight is 555 g/mol. The van der Waals surface area contributed by atoms with Gasteiger partial charge in [0.05, 0.1) is 12.2 Å². The van der Waals surface area contributed by atoms with Crippen molar-refractivity contribution in [2.75, 3.05) is 6.61 Å². The lowest BCUT2D eigenvalue weighted by Gasteiger charge is -2.43. The van der Waals surface area contributed by atoms with Crippen molar-refractivity contribution in [3.05, 3.63) is 137 Å². The van der Waals surface area contributed by atoms with Crippen molar-refractivity contribution in [2.45, 2.75) is 31.5 Å². The Morgan fingerprint density at radius 1 is 0.900 bits per heavy atom. The van der Waals surface area contributed by atoms with Gasteiger partial charge in [-0.3, -0.25) is 0 Å². The minimum absolute atomic E-state index is 0.0461. The van der Waals surface area contributed by atoms with Gasteiger partial charge < -0.3 is 19.3 Å². The second-order valence-corrected chi connectivity index (χ2v) is 10.5. The van der Waals surface area contributed by atoms with Crippen molar-refractivity contribution >= 4 is 17.6 Å². The maximum absolute atomic E-state index is 11.4. The summed E-state index contributed by atoms with van der Waals surface area (Å²) < 4.78 is 18.9. The lowest BCUT2D eigenvalue weighted by Crippen LogP contribution is -2.32. The second-order valence-electron chi connectivity index (χ2n) is 10.0. The highest BCUT2D eigenvalue weighted by Crippen LogP contribution is 2.53. The molecule has 0 amide bonds. The summed E-state index contributed by atoms with van der Waals surface area (Å²) >= 11 is 6.22. The average Bonchev–Trinajstić information content (AvgIpc) is 2.97.